The third kappa shape index (κ3) is 5.21. The van der Waals surface area contributed by atoms with E-state index in [1.54, 1.807) is 0 Å². The van der Waals surface area contributed by atoms with Gasteiger partial charge in [0.05, 0.1) is 11.8 Å². The molecular weight excluding hydrogens is 242 g/mol. The Morgan fingerprint density at radius 2 is 1.89 bits per heavy atom. The minimum Gasteiger partial charge on any atom is -0.481 e. The number of carboxylic acid groups (broad SMARTS) is 1. The Labute approximate surface area is 116 Å². The number of rotatable bonds is 8. The lowest BCUT2D eigenvalue weighted by atomic mass is 9.95. The van der Waals surface area contributed by atoms with E-state index in [0.29, 0.717) is 12.8 Å². The summed E-state index contributed by atoms with van der Waals surface area (Å²) in [6.45, 7) is 4.19. The van der Waals surface area contributed by atoms with E-state index in [0.717, 1.165) is 19.3 Å². The molecule has 110 valence electrons. The second-order valence-electron chi connectivity index (χ2n) is 5.74. The normalized spacial score (nSPS) is 24.1. The topological polar surface area (TPSA) is 66.4 Å². The monoisotopic (exact) mass is 269 g/mol. The van der Waals surface area contributed by atoms with Gasteiger partial charge < -0.3 is 10.4 Å². The molecule has 3 atom stereocenters. The van der Waals surface area contributed by atoms with Crippen LogP contribution in [0.1, 0.15) is 65.2 Å². The fraction of sp³-hybridized carbons (Fsp3) is 0.867. The maximum absolute atomic E-state index is 12.1. The quantitative estimate of drug-likeness (QED) is 0.666. The van der Waals surface area contributed by atoms with Crippen molar-refractivity contribution in [1.29, 1.82) is 0 Å². The van der Waals surface area contributed by atoms with Gasteiger partial charge in [-0.25, -0.2) is 0 Å². The lowest BCUT2D eigenvalue weighted by Crippen LogP contribution is -2.40. The first kappa shape index (κ1) is 16.0. The zero-order valence-corrected chi connectivity index (χ0v) is 12.2. The predicted molar refractivity (Wildman–Crippen MR) is 74.8 cm³/mol. The number of nitrogens with one attached hydrogen (secondary N) is 1. The molecule has 1 aliphatic rings. The molecule has 0 aliphatic heterocycles. The summed E-state index contributed by atoms with van der Waals surface area (Å²) in [6, 6.07) is 0.152. The zero-order valence-electron chi connectivity index (χ0n) is 12.2. The van der Waals surface area contributed by atoms with Crippen molar-refractivity contribution in [2.45, 2.75) is 71.3 Å². The highest BCUT2D eigenvalue weighted by atomic mass is 16.4. The average Bonchev–Trinajstić information content (AvgIpc) is 2.84. The summed E-state index contributed by atoms with van der Waals surface area (Å²) in [5.74, 6) is -1.69. The molecule has 0 bridgehead atoms. The molecule has 4 nitrogen and oxygen atoms in total. The van der Waals surface area contributed by atoms with E-state index in [4.69, 9.17) is 5.11 Å². The number of carboxylic acids is 1. The summed E-state index contributed by atoms with van der Waals surface area (Å²) in [4.78, 5) is 23.2. The van der Waals surface area contributed by atoms with Crippen LogP contribution in [0.2, 0.25) is 0 Å². The van der Waals surface area contributed by atoms with Crippen LogP contribution >= 0.6 is 0 Å². The van der Waals surface area contributed by atoms with E-state index in [1.165, 1.54) is 19.3 Å². The lowest BCUT2D eigenvalue weighted by molar-refractivity contribution is -0.146. The maximum atomic E-state index is 12.1. The highest BCUT2D eigenvalue weighted by Gasteiger charge is 2.37. The molecule has 0 spiro atoms. The van der Waals surface area contributed by atoms with Crippen molar-refractivity contribution in [3.63, 3.8) is 0 Å². The largest absolute Gasteiger partial charge is 0.481 e. The first-order chi connectivity index (χ1) is 9.06. The molecule has 0 aromatic rings. The van der Waals surface area contributed by atoms with E-state index in [2.05, 4.69) is 12.2 Å². The third-order valence-electron chi connectivity index (χ3n) is 4.05. The number of aliphatic carboxylic acids is 1. The Hall–Kier alpha value is -1.06. The first-order valence-electron chi connectivity index (χ1n) is 7.59. The fourth-order valence-corrected chi connectivity index (χ4v) is 2.87. The van der Waals surface area contributed by atoms with Crippen molar-refractivity contribution in [3.8, 4) is 0 Å². The molecule has 1 aliphatic carbocycles. The van der Waals surface area contributed by atoms with Crippen molar-refractivity contribution in [1.82, 2.24) is 5.32 Å². The summed E-state index contributed by atoms with van der Waals surface area (Å²) < 4.78 is 0. The van der Waals surface area contributed by atoms with Gasteiger partial charge in [-0.3, -0.25) is 9.59 Å². The molecule has 0 heterocycles. The van der Waals surface area contributed by atoms with Gasteiger partial charge in [-0.05, 0) is 26.2 Å². The molecule has 0 saturated heterocycles. The molecule has 0 aromatic carbocycles. The highest BCUT2D eigenvalue weighted by Crippen LogP contribution is 2.32. The van der Waals surface area contributed by atoms with Crippen LogP contribution in [0.5, 0.6) is 0 Å². The molecule has 1 amide bonds. The Morgan fingerprint density at radius 3 is 2.53 bits per heavy atom. The summed E-state index contributed by atoms with van der Waals surface area (Å²) in [6.07, 6.45) is 7.97. The van der Waals surface area contributed by atoms with Gasteiger partial charge in [0.15, 0.2) is 0 Å². The number of hydrogen-bond acceptors (Lipinski definition) is 2. The van der Waals surface area contributed by atoms with Crippen LogP contribution in [0.15, 0.2) is 0 Å². The molecule has 4 heteroatoms. The number of unbranched alkanes of at least 4 members (excludes halogenated alkanes) is 3. The van der Waals surface area contributed by atoms with Crippen LogP contribution in [0.3, 0.4) is 0 Å². The van der Waals surface area contributed by atoms with E-state index < -0.39 is 11.9 Å². The smallest absolute Gasteiger partial charge is 0.307 e. The minimum atomic E-state index is -0.826. The molecule has 2 N–H and O–H groups in total. The van der Waals surface area contributed by atoms with Gasteiger partial charge in [0.2, 0.25) is 5.91 Å². The van der Waals surface area contributed by atoms with Crippen LogP contribution < -0.4 is 5.32 Å². The van der Waals surface area contributed by atoms with Crippen molar-refractivity contribution < 1.29 is 14.7 Å². The van der Waals surface area contributed by atoms with Gasteiger partial charge in [0.25, 0.3) is 0 Å². The zero-order chi connectivity index (χ0) is 14.3. The standard InChI is InChI=1S/C15H27NO3/c1-3-4-5-6-8-11(2)16-14(17)12-9-7-10-13(12)15(18)19/h11-13H,3-10H2,1-2H3,(H,16,17)(H,18,19)/t11?,12-,13+/m1/s1. The van der Waals surface area contributed by atoms with Gasteiger partial charge in [0.1, 0.15) is 0 Å². The van der Waals surface area contributed by atoms with Crippen molar-refractivity contribution in [2.75, 3.05) is 0 Å². The predicted octanol–water partition coefficient (Wildman–Crippen LogP) is 2.96. The van der Waals surface area contributed by atoms with Gasteiger partial charge >= 0.3 is 5.97 Å². The van der Waals surface area contributed by atoms with Gasteiger partial charge in [-0.1, -0.05) is 39.0 Å². The third-order valence-corrected chi connectivity index (χ3v) is 4.05. The van der Waals surface area contributed by atoms with Crippen LogP contribution in [0.25, 0.3) is 0 Å². The summed E-state index contributed by atoms with van der Waals surface area (Å²) in [7, 11) is 0. The Bertz CT molecular complexity index is 304. The fourth-order valence-electron chi connectivity index (χ4n) is 2.87. The van der Waals surface area contributed by atoms with Crippen molar-refractivity contribution in [3.05, 3.63) is 0 Å². The molecule has 1 unspecified atom stereocenters. The second kappa shape index (κ2) is 8.18. The van der Waals surface area contributed by atoms with Crippen LogP contribution in [0.4, 0.5) is 0 Å². The first-order valence-corrected chi connectivity index (χ1v) is 7.59. The van der Waals surface area contributed by atoms with Crippen LogP contribution in [-0.4, -0.2) is 23.0 Å². The van der Waals surface area contributed by atoms with Crippen molar-refractivity contribution in [2.24, 2.45) is 11.8 Å². The molecule has 0 radical (unpaired) electrons. The highest BCUT2D eigenvalue weighted by molar-refractivity contribution is 5.85. The molecule has 1 fully saturated rings. The number of amides is 1. The van der Waals surface area contributed by atoms with Gasteiger partial charge in [0, 0.05) is 6.04 Å². The van der Waals surface area contributed by atoms with Gasteiger partial charge in [-0.2, -0.15) is 0 Å². The molecule has 1 saturated carbocycles. The van der Waals surface area contributed by atoms with Crippen molar-refractivity contribution >= 4 is 11.9 Å². The molecule has 0 aromatic heterocycles. The Morgan fingerprint density at radius 1 is 1.21 bits per heavy atom. The van der Waals surface area contributed by atoms with E-state index >= 15 is 0 Å². The minimum absolute atomic E-state index is 0.0621. The summed E-state index contributed by atoms with van der Waals surface area (Å²) in [5.41, 5.74) is 0. The molecular formula is C15H27NO3. The van der Waals surface area contributed by atoms with Gasteiger partial charge in [-0.15, -0.1) is 0 Å². The van der Waals surface area contributed by atoms with E-state index in [1.807, 2.05) is 6.92 Å². The summed E-state index contributed by atoms with van der Waals surface area (Å²) in [5, 5.41) is 12.1. The maximum Gasteiger partial charge on any atom is 0.307 e. The number of hydrogen-bond donors (Lipinski definition) is 2. The number of carbonyl (C=O) groups excluding carboxylic acids is 1. The SMILES string of the molecule is CCCCCCC(C)NC(=O)[C@@H]1CCC[C@@H]1C(=O)O. The average molecular weight is 269 g/mol. The Kier molecular flexibility index (Phi) is 6.89. The Balaban J connectivity index is 2.31. The summed E-state index contributed by atoms with van der Waals surface area (Å²) >= 11 is 0. The van der Waals surface area contributed by atoms with Crippen LogP contribution in [0, 0.1) is 11.8 Å². The second-order valence-corrected chi connectivity index (χ2v) is 5.74. The van der Waals surface area contributed by atoms with E-state index in [-0.39, 0.29) is 17.9 Å². The molecule has 1 rings (SSSR count). The number of carbonyl (C=O) groups is 2. The van der Waals surface area contributed by atoms with E-state index in [9.17, 15) is 9.59 Å². The van der Waals surface area contributed by atoms with Crippen LogP contribution in [-0.2, 0) is 9.59 Å². The lowest BCUT2D eigenvalue weighted by Gasteiger charge is -2.19. The molecule has 19 heavy (non-hydrogen) atoms.